The number of nitrogens with zero attached hydrogens (tertiary/aromatic N) is 3. The Labute approximate surface area is 119 Å². The highest BCUT2D eigenvalue weighted by Gasteiger charge is 2.12. The molecular weight excluding hydrogens is 252 g/mol. The summed E-state index contributed by atoms with van der Waals surface area (Å²) in [6.07, 6.45) is 4.42. The minimum atomic E-state index is 0.640. The third-order valence-corrected chi connectivity index (χ3v) is 3.01. The maximum Gasteiger partial charge on any atom is 0.147 e. The predicted molar refractivity (Wildman–Crippen MR) is 79.7 cm³/mol. The second-order valence-corrected chi connectivity index (χ2v) is 4.40. The maximum atomic E-state index is 5.63. The minimum absolute atomic E-state index is 0.640. The Morgan fingerprint density at radius 3 is 2.60 bits per heavy atom. The normalized spacial score (nSPS) is 10.3. The van der Waals surface area contributed by atoms with Crippen molar-refractivity contribution in [3.8, 4) is 5.75 Å². The van der Waals surface area contributed by atoms with Gasteiger partial charge in [0, 0.05) is 18.9 Å². The highest BCUT2D eigenvalue weighted by molar-refractivity contribution is 5.58. The quantitative estimate of drug-likeness (QED) is 0.833. The van der Waals surface area contributed by atoms with Gasteiger partial charge in [0.05, 0.1) is 19.3 Å². The second-order valence-electron chi connectivity index (χ2n) is 4.40. The molecule has 0 spiro atoms. The SMILES string of the molecule is COc1ccccc1N(CCCN)Cc1ncccn1. The molecule has 2 rings (SSSR count). The van der Waals surface area contributed by atoms with Crippen molar-refractivity contribution in [1.29, 1.82) is 0 Å². The molecular formula is C15H20N4O. The molecule has 1 heterocycles. The first-order valence-electron chi connectivity index (χ1n) is 6.69. The summed E-state index contributed by atoms with van der Waals surface area (Å²) in [7, 11) is 1.68. The summed E-state index contributed by atoms with van der Waals surface area (Å²) in [5, 5.41) is 0. The van der Waals surface area contributed by atoms with Gasteiger partial charge in [-0.05, 0) is 31.2 Å². The number of anilines is 1. The first-order valence-corrected chi connectivity index (χ1v) is 6.69. The molecule has 0 fully saturated rings. The molecule has 0 saturated heterocycles. The summed E-state index contributed by atoms with van der Waals surface area (Å²) in [4.78, 5) is 10.8. The van der Waals surface area contributed by atoms with E-state index in [4.69, 9.17) is 10.5 Å². The molecule has 0 aliphatic heterocycles. The Bertz CT molecular complexity index is 518. The first-order chi connectivity index (χ1) is 9.85. The van der Waals surface area contributed by atoms with Crippen molar-refractivity contribution >= 4 is 5.69 Å². The largest absolute Gasteiger partial charge is 0.495 e. The zero-order valence-corrected chi connectivity index (χ0v) is 11.7. The average Bonchev–Trinajstić information content (AvgIpc) is 2.52. The van der Waals surface area contributed by atoms with Crippen molar-refractivity contribution in [1.82, 2.24) is 9.97 Å². The molecule has 0 saturated carbocycles. The topological polar surface area (TPSA) is 64.3 Å². The fraction of sp³-hybridized carbons (Fsp3) is 0.333. The van der Waals surface area contributed by atoms with Crippen molar-refractivity contribution in [3.63, 3.8) is 0 Å². The molecule has 2 aromatic rings. The van der Waals surface area contributed by atoms with E-state index in [0.717, 1.165) is 30.2 Å². The van der Waals surface area contributed by atoms with Crippen LogP contribution < -0.4 is 15.4 Å². The Kier molecular flexibility index (Phi) is 5.32. The third-order valence-electron chi connectivity index (χ3n) is 3.01. The molecule has 5 heteroatoms. The summed E-state index contributed by atoms with van der Waals surface area (Å²) < 4.78 is 5.43. The lowest BCUT2D eigenvalue weighted by atomic mass is 10.2. The third kappa shape index (κ3) is 3.68. The van der Waals surface area contributed by atoms with Gasteiger partial charge in [0.15, 0.2) is 0 Å². The number of methoxy groups -OCH3 is 1. The Hall–Kier alpha value is -2.14. The summed E-state index contributed by atoms with van der Waals surface area (Å²) in [5.41, 5.74) is 6.67. The monoisotopic (exact) mass is 272 g/mol. The van der Waals surface area contributed by atoms with Crippen LogP contribution in [0, 0.1) is 0 Å². The van der Waals surface area contributed by atoms with Gasteiger partial charge < -0.3 is 15.4 Å². The number of hydrogen-bond acceptors (Lipinski definition) is 5. The van der Waals surface area contributed by atoms with Gasteiger partial charge in [-0.25, -0.2) is 9.97 Å². The van der Waals surface area contributed by atoms with Gasteiger partial charge in [-0.1, -0.05) is 12.1 Å². The van der Waals surface area contributed by atoms with E-state index in [9.17, 15) is 0 Å². The molecule has 2 N–H and O–H groups in total. The lowest BCUT2D eigenvalue weighted by Gasteiger charge is -2.25. The molecule has 0 atom stereocenters. The summed E-state index contributed by atoms with van der Waals surface area (Å²) in [6, 6.07) is 9.77. The van der Waals surface area contributed by atoms with Gasteiger partial charge in [-0.3, -0.25) is 0 Å². The molecule has 106 valence electrons. The zero-order chi connectivity index (χ0) is 14.2. The number of hydrogen-bond donors (Lipinski definition) is 1. The van der Waals surface area contributed by atoms with E-state index >= 15 is 0 Å². The van der Waals surface area contributed by atoms with Crippen LogP contribution in [-0.2, 0) is 6.54 Å². The average molecular weight is 272 g/mol. The summed E-state index contributed by atoms with van der Waals surface area (Å²) >= 11 is 0. The van der Waals surface area contributed by atoms with Gasteiger partial charge >= 0.3 is 0 Å². The van der Waals surface area contributed by atoms with E-state index in [1.54, 1.807) is 19.5 Å². The lowest BCUT2D eigenvalue weighted by molar-refractivity contribution is 0.414. The molecule has 20 heavy (non-hydrogen) atoms. The van der Waals surface area contributed by atoms with Gasteiger partial charge in [0.25, 0.3) is 0 Å². The van der Waals surface area contributed by atoms with Crippen molar-refractivity contribution in [2.45, 2.75) is 13.0 Å². The van der Waals surface area contributed by atoms with Crippen LogP contribution in [0.2, 0.25) is 0 Å². The number of aromatic nitrogens is 2. The van der Waals surface area contributed by atoms with Crippen LogP contribution in [0.4, 0.5) is 5.69 Å². The van der Waals surface area contributed by atoms with Crippen molar-refractivity contribution in [3.05, 3.63) is 48.5 Å². The van der Waals surface area contributed by atoms with Crippen molar-refractivity contribution in [2.24, 2.45) is 5.73 Å². The van der Waals surface area contributed by atoms with Crippen LogP contribution >= 0.6 is 0 Å². The molecule has 0 aliphatic rings. The highest BCUT2D eigenvalue weighted by Crippen LogP contribution is 2.28. The van der Waals surface area contributed by atoms with E-state index < -0.39 is 0 Å². The smallest absolute Gasteiger partial charge is 0.147 e. The molecule has 0 unspecified atom stereocenters. The van der Waals surface area contributed by atoms with Crippen LogP contribution in [0.5, 0.6) is 5.75 Å². The fourth-order valence-corrected chi connectivity index (χ4v) is 2.04. The molecule has 0 aliphatic carbocycles. The fourth-order valence-electron chi connectivity index (χ4n) is 2.04. The molecule has 1 aromatic carbocycles. The van der Waals surface area contributed by atoms with E-state index in [1.807, 2.05) is 30.3 Å². The molecule has 0 radical (unpaired) electrons. The van der Waals surface area contributed by atoms with Crippen LogP contribution in [0.3, 0.4) is 0 Å². The summed E-state index contributed by atoms with van der Waals surface area (Å²) in [6.45, 7) is 2.14. The predicted octanol–water partition coefficient (Wildman–Crippen LogP) is 1.84. The van der Waals surface area contributed by atoms with Gasteiger partial charge in [0.2, 0.25) is 0 Å². The highest BCUT2D eigenvalue weighted by atomic mass is 16.5. The van der Waals surface area contributed by atoms with Gasteiger partial charge in [-0.2, -0.15) is 0 Å². The van der Waals surface area contributed by atoms with E-state index in [1.165, 1.54) is 0 Å². The van der Waals surface area contributed by atoms with Gasteiger partial charge in [-0.15, -0.1) is 0 Å². The number of nitrogens with two attached hydrogens (primary N) is 1. The lowest BCUT2D eigenvalue weighted by Crippen LogP contribution is -2.27. The van der Waals surface area contributed by atoms with Crippen LogP contribution in [-0.4, -0.2) is 30.2 Å². The molecule has 5 nitrogen and oxygen atoms in total. The summed E-state index contributed by atoms with van der Waals surface area (Å²) in [5.74, 6) is 1.64. The molecule has 0 bridgehead atoms. The Morgan fingerprint density at radius 2 is 1.90 bits per heavy atom. The Balaban J connectivity index is 2.22. The molecule has 0 amide bonds. The van der Waals surface area contributed by atoms with Crippen LogP contribution in [0.25, 0.3) is 0 Å². The second kappa shape index (κ2) is 7.45. The maximum absolute atomic E-state index is 5.63. The van der Waals surface area contributed by atoms with E-state index in [0.29, 0.717) is 13.1 Å². The van der Waals surface area contributed by atoms with Crippen molar-refractivity contribution in [2.75, 3.05) is 25.1 Å². The number of benzene rings is 1. The first kappa shape index (κ1) is 14.3. The van der Waals surface area contributed by atoms with Crippen LogP contribution in [0.1, 0.15) is 12.2 Å². The standard InChI is InChI=1S/C15H20N4O/c1-20-14-7-3-2-6-13(14)19(11-4-8-16)12-15-17-9-5-10-18-15/h2-3,5-7,9-10H,4,8,11-12,16H2,1H3. The number of ether oxygens (including phenoxy) is 1. The number of rotatable bonds is 7. The van der Waals surface area contributed by atoms with Crippen LogP contribution in [0.15, 0.2) is 42.7 Å². The number of para-hydroxylation sites is 2. The molecule has 1 aromatic heterocycles. The van der Waals surface area contributed by atoms with Crippen molar-refractivity contribution < 1.29 is 4.74 Å². The van der Waals surface area contributed by atoms with Gasteiger partial charge in [0.1, 0.15) is 11.6 Å². The minimum Gasteiger partial charge on any atom is -0.495 e. The zero-order valence-electron chi connectivity index (χ0n) is 11.7. The van der Waals surface area contributed by atoms with E-state index in [-0.39, 0.29) is 0 Å². The van der Waals surface area contributed by atoms with E-state index in [2.05, 4.69) is 14.9 Å². The Morgan fingerprint density at radius 1 is 1.15 bits per heavy atom.